The maximum atomic E-state index is 9.28. The van der Waals surface area contributed by atoms with Crippen LogP contribution in [0.15, 0.2) is 18.3 Å². The molecule has 0 aliphatic rings. The smallest absolute Gasteiger partial charge is 0.131 e. The molecule has 0 atom stereocenters. The Bertz CT molecular complexity index is 336. The molecule has 0 bridgehead atoms. The van der Waals surface area contributed by atoms with Gasteiger partial charge in [-0.2, -0.15) is 0 Å². The van der Waals surface area contributed by atoms with Gasteiger partial charge in [0.1, 0.15) is 5.82 Å². The van der Waals surface area contributed by atoms with Crippen molar-refractivity contribution in [3.63, 3.8) is 0 Å². The first-order valence-corrected chi connectivity index (χ1v) is 5.35. The molecule has 0 saturated heterocycles. The second-order valence-electron chi connectivity index (χ2n) is 4.68. The quantitative estimate of drug-likeness (QED) is 0.772. The predicted octanol–water partition coefficient (Wildman–Crippen LogP) is 0.681. The van der Waals surface area contributed by atoms with Crippen LogP contribution in [0.3, 0.4) is 0 Å². The molecule has 2 N–H and O–H groups in total. The molecule has 0 aliphatic heterocycles. The summed E-state index contributed by atoms with van der Waals surface area (Å²) >= 11 is 0. The zero-order chi connectivity index (χ0) is 12.2. The van der Waals surface area contributed by atoms with Crippen molar-refractivity contribution in [2.75, 3.05) is 32.2 Å². The fourth-order valence-electron chi connectivity index (χ4n) is 1.59. The van der Waals surface area contributed by atoms with Gasteiger partial charge < -0.3 is 15.1 Å². The summed E-state index contributed by atoms with van der Waals surface area (Å²) in [6.45, 7) is 1.79. The summed E-state index contributed by atoms with van der Waals surface area (Å²) in [5.74, 6) is 0.885. The van der Waals surface area contributed by atoms with Crippen LogP contribution in [0.4, 0.5) is 5.82 Å². The fraction of sp³-hybridized carbons (Fsp3) is 0.583. The lowest BCUT2D eigenvalue weighted by Crippen LogP contribution is -2.29. The van der Waals surface area contributed by atoms with Gasteiger partial charge in [-0.25, -0.2) is 4.98 Å². The molecule has 0 radical (unpaired) electrons. The van der Waals surface area contributed by atoms with Crippen molar-refractivity contribution in [2.24, 2.45) is 5.41 Å². The molecule has 4 nitrogen and oxygen atoms in total. The summed E-state index contributed by atoms with van der Waals surface area (Å²) < 4.78 is 0. The average Bonchev–Trinajstić information content (AvgIpc) is 2.29. The Morgan fingerprint density at radius 1 is 1.31 bits per heavy atom. The number of hydrogen-bond donors (Lipinski definition) is 2. The van der Waals surface area contributed by atoms with Crippen LogP contribution in [-0.2, 0) is 6.42 Å². The largest absolute Gasteiger partial charge is 0.396 e. The molecule has 0 unspecified atom stereocenters. The van der Waals surface area contributed by atoms with Crippen LogP contribution in [0.2, 0.25) is 0 Å². The normalized spacial score (nSPS) is 11.6. The topological polar surface area (TPSA) is 56.6 Å². The summed E-state index contributed by atoms with van der Waals surface area (Å²) in [7, 11) is 3.86. The van der Waals surface area contributed by atoms with Gasteiger partial charge in [-0.1, -0.05) is 13.0 Å². The Hall–Kier alpha value is -1.13. The minimum Gasteiger partial charge on any atom is -0.396 e. The van der Waals surface area contributed by atoms with Crippen molar-refractivity contribution in [3.8, 4) is 0 Å². The minimum absolute atomic E-state index is 0.0364. The van der Waals surface area contributed by atoms with Crippen LogP contribution >= 0.6 is 0 Å². The molecule has 1 heterocycles. The van der Waals surface area contributed by atoms with E-state index in [0.717, 1.165) is 11.4 Å². The van der Waals surface area contributed by atoms with E-state index in [9.17, 15) is 10.2 Å². The summed E-state index contributed by atoms with van der Waals surface area (Å²) in [5.41, 5.74) is 0.548. The molecular formula is C12H20N2O2. The van der Waals surface area contributed by atoms with Crippen molar-refractivity contribution in [3.05, 3.63) is 23.9 Å². The second kappa shape index (κ2) is 5.27. The summed E-state index contributed by atoms with van der Waals surface area (Å²) in [4.78, 5) is 6.23. The molecule has 0 aliphatic carbocycles. The third-order valence-electron chi connectivity index (χ3n) is 2.67. The van der Waals surface area contributed by atoms with Crippen molar-refractivity contribution < 1.29 is 10.2 Å². The Morgan fingerprint density at radius 3 is 2.44 bits per heavy atom. The number of pyridine rings is 1. The zero-order valence-electron chi connectivity index (χ0n) is 10.1. The first-order valence-electron chi connectivity index (χ1n) is 5.35. The molecule has 0 saturated carbocycles. The highest BCUT2D eigenvalue weighted by Crippen LogP contribution is 2.25. The fourth-order valence-corrected chi connectivity index (χ4v) is 1.59. The van der Waals surface area contributed by atoms with Crippen LogP contribution < -0.4 is 4.90 Å². The number of aliphatic hydroxyl groups excluding tert-OH is 2. The van der Waals surface area contributed by atoms with Crippen molar-refractivity contribution in [1.82, 2.24) is 4.98 Å². The standard InChI is InChI=1S/C12H20N2O2/c1-12(8-15,9-16)7-10-5-4-6-13-11(10)14(2)3/h4-6,15-16H,7-9H2,1-3H3. The lowest BCUT2D eigenvalue weighted by Gasteiger charge is -2.26. The number of aliphatic hydroxyl groups is 2. The van der Waals surface area contributed by atoms with Gasteiger partial charge in [0.25, 0.3) is 0 Å². The van der Waals surface area contributed by atoms with E-state index in [-0.39, 0.29) is 13.2 Å². The molecule has 4 heteroatoms. The maximum absolute atomic E-state index is 9.28. The lowest BCUT2D eigenvalue weighted by molar-refractivity contribution is 0.0704. The van der Waals surface area contributed by atoms with Crippen LogP contribution in [0.25, 0.3) is 0 Å². The molecule has 1 aromatic rings. The van der Waals surface area contributed by atoms with Crippen LogP contribution in [0.1, 0.15) is 12.5 Å². The predicted molar refractivity (Wildman–Crippen MR) is 64.5 cm³/mol. The van der Waals surface area contributed by atoms with E-state index >= 15 is 0 Å². The molecule has 90 valence electrons. The molecule has 1 aromatic heterocycles. The van der Waals surface area contributed by atoms with E-state index in [0.29, 0.717) is 6.42 Å². The SMILES string of the molecule is CN(C)c1ncccc1CC(C)(CO)CO. The van der Waals surface area contributed by atoms with Gasteiger partial charge in [0.05, 0.1) is 13.2 Å². The van der Waals surface area contributed by atoms with Crippen LogP contribution in [-0.4, -0.2) is 42.5 Å². The Kier molecular flexibility index (Phi) is 4.26. The van der Waals surface area contributed by atoms with Crippen LogP contribution in [0, 0.1) is 5.41 Å². The van der Waals surface area contributed by atoms with Gasteiger partial charge in [-0.05, 0) is 18.1 Å². The third kappa shape index (κ3) is 2.93. The first kappa shape index (κ1) is 12.9. The number of hydrogen-bond acceptors (Lipinski definition) is 4. The summed E-state index contributed by atoms with van der Waals surface area (Å²) in [5, 5.41) is 18.6. The molecule has 0 amide bonds. The van der Waals surface area contributed by atoms with Gasteiger partial charge in [0.15, 0.2) is 0 Å². The van der Waals surface area contributed by atoms with E-state index in [1.165, 1.54) is 0 Å². The molecule has 1 rings (SSSR count). The van der Waals surface area contributed by atoms with E-state index in [4.69, 9.17) is 0 Å². The van der Waals surface area contributed by atoms with E-state index in [1.807, 2.05) is 38.1 Å². The van der Waals surface area contributed by atoms with Crippen molar-refractivity contribution in [2.45, 2.75) is 13.3 Å². The third-order valence-corrected chi connectivity index (χ3v) is 2.67. The molecule has 0 aromatic carbocycles. The Morgan fingerprint density at radius 2 is 1.94 bits per heavy atom. The van der Waals surface area contributed by atoms with Crippen molar-refractivity contribution >= 4 is 5.82 Å². The Labute approximate surface area is 96.6 Å². The van der Waals surface area contributed by atoms with Gasteiger partial charge >= 0.3 is 0 Å². The second-order valence-corrected chi connectivity index (χ2v) is 4.68. The highest BCUT2D eigenvalue weighted by atomic mass is 16.3. The van der Waals surface area contributed by atoms with Crippen molar-refractivity contribution in [1.29, 1.82) is 0 Å². The lowest BCUT2D eigenvalue weighted by atomic mass is 9.85. The van der Waals surface area contributed by atoms with E-state index in [1.54, 1.807) is 6.20 Å². The number of nitrogens with zero attached hydrogens (tertiary/aromatic N) is 2. The van der Waals surface area contributed by atoms with Gasteiger partial charge in [0, 0.05) is 25.7 Å². The average molecular weight is 224 g/mol. The minimum atomic E-state index is -0.492. The van der Waals surface area contributed by atoms with E-state index < -0.39 is 5.41 Å². The monoisotopic (exact) mass is 224 g/mol. The molecular weight excluding hydrogens is 204 g/mol. The van der Waals surface area contributed by atoms with Gasteiger partial charge in [-0.15, -0.1) is 0 Å². The summed E-state index contributed by atoms with van der Waals surface area (Å²) in [6.07, 6.45) is 2.36. The first-order chi connectivity index (χ1) is 7.52. The Balaban J connectivity index is 2.96. The summed E-state index contributed by atoms with van der Waals surface area (Å²) in [6, 6.07) is 3.85. The van der Waals surface area contributed by atoms with Crippen LogP contribution in [0.5, 0.6) is 0 Å². The number of anilines is 1. The number of aromatic nitrogens is 1. The van der Waals surface area contributed by atoms with Gasteiger partial charge in [-0.3, -0.25) is 0 Å². The number of rotatable bonds is 5. The zero-order valence-corrected chi connectivity index (χ0v) is 10.1. The highest BCUT2D eigenvalue weighted by molar-refractivity contribution is 5.45. The molecule has 16 heavy (non-hydrogen) atoms. The molecule has 0 fully saturated rings. The maximum Gasteiger partial charge on any atom is 0.131 e. The highest BCUT2D eigenvalue weighted by Gasteiger charge is 2.24. The van der Waals surface area contributed by atoms with Gasteiger partial charge in [0.2, 0.25) is 0 Å². The van der Waals surface area contributed by atoms with E-state index in [2.05, 4.69) is 4.98 Å². The molecule has 0 spiro atoms.